The third-order valence-electron chi connectivity index (χ3n) is 2.24. The van der Waals surface area contributed by atoms with Gasteiger partial charge in [-0.05, 0) is 19.3 Å². The Morgan fingerprint density at radius 1 is 0.957 bits per heavy atom. The average molecular weight is 338 g/mol. The van der Waals surface area contributed by atoms with Crippen LogP contribution in [0.5, 0.6) is 0 Å². The second kappa shape index (κ2) is 26.4. The summed E-state index contributed by atoms with van der Waals surface area (Å²) < 4.78 is 14.5. The maximum Gasteiger partial charge on any atom is 0.130 e. The van der Waals surface area contributed by atoms with E-state index >= 15 is 0 Å². The van der Waals surface area contributed by atoms with Gasteiger partial charge in [0.1, 0.15) is 5.78 Å². The molecule has 0 saturated heterocycles. The van der Waals surface area contributed by atoms with Crippen LogP contribution in [0.1, 0.15) is 47.0 Å². The first-order valence-corrected chi connectivity index (χ1v) is 8.31. The van der Waals surface area contributed by atoms with Gasteiger partial charge >= 0.3 is 0 Å². The van der Waals surface area contributed by atoms with Crippen LogP contribution in [0, 0.1) is 5.92 Å². The lowest BCUT2D eigenvalue weighted by molar-refractivity contribution is -0.117. The molecule has 0 amide bonds. The quantitative estimate of drug-likeness (QED) is 0.530. The number of carbonyl (C=O) groups excluding carboxylic acids is 1. The number of ether oxygens (including phenoxy) is 3. The molecule has 6 nitrogen and oxygen atoms in total. The van der Waals surface area contributed by atoms with Gasteiger partial charge in [-0.2, -0.15) is 0 Å². The molecule has 0 fully saturated rings. The lowest BCUT2D eigenvalue weighted by Crippen LogP contribution is -2.05. The number of Topliss-reactive ketones (excluding diaryl/α,β-unsaturated/α-hetero) is 1. The van der Waals surface area contributed by atoms with Crippen molar-refractivity contribution in [1.29, 1.82) is 0 Å². The molecular formula is C17H38O6. The van der Waals surface area contributed by atoms with E-state index in [0.717, 1.165) is 25.9 Å². The van der Waals surface area contributed by atoms with Crippen molar-refractivity contribution in [2.75, 3.05) is 53.4 Å². The summed E-state index contributed by atoms with van der Waals surface area (Å²) in [5, 5.41) is 16.4. The third kappa shape index (κ3) is 44.9. The topological polar surface area (TPSA) is 85.2 Å². The molecule has 142 valence electrons. The molecule has 0 saturated carbocycles. The molecule has 0 radical (unpaired) electrons. The van der Waals surface area contributed by atoms with Gasteiger partial charge in [0.2, 0.25) is 0 Å². The summed E-state index contributed by atoms with van der Waals surface area (Å²) >= 11 is 0. The lowest BCUT2D eigenvalue weighted by atomic mass is 10.1. The second-order valence-corrected chi connectivity index (χ2v) is 5.32. The molecule has 0 spiro atoms. The van der Waals surface area contributed by atoms with Crippen LogP contribution < -0.4 is 0 Å². The zero-order valence-electron chi connectivity index (χ0n) is 15.7. The fourth-order valence-electron chi connectivity index (χ4n) is 1.30. The Balaban J connectivity index is -0.000000262. The second-order valence-electron chi connectivity index (χ2n) is 5.32. The Morgan fingerprint density at radius 3 is 1.78 bits per heavy atom. The largest absolute Gasteiger partial charge is 0.394 e. The van der Waals surface area contributed by atoms with Crippen molar-refractivity contribution >= 4 is 5.78 Å². The number of rotatable bonds is 12. The fraction of sp³-hybridized carbons (Fsp3) is 0.941. The van der Waals surface area contributed by atoms with E-state index in [1.165, 1.54) is 0 Å². The number of unbranched alkanes of at least 4 members (excludes halogenated alkanes) is 1. The van der Waals surface area contributed by atoms with E-state index in [9.17, 15) is 4.79 Å². The molecule has 0 aromatic carbocycles. The molecule has 2 N–H and O–H groups in total. The first kappa shape index (κ1) is 27.3. The molecule has 0 aliphatic heterocycles. The van der Waals surface area contributed by atoms with Crippen molar-refractivity contribution in [3.05, 3.63) is 0 Å². The minimum atomic E-state index is 0.0870. The molecule has 0 aliphatic carbocycles. The van der Waals surface area contributed by atoms with Gasteiger partial charge in [-0.1, -0.05) is 27.2 Å². The van der Waals surface area contributed by atoms with Crippen molar-refractivity contribution in [1.82, 2.24) is 0 Å². The molecule has 0 rings (SSSR count). The molecule has 0 heterocycles. The van der Waals surface area contributed by atoms with Crippen LogP contribution in [0.4, 0.5) is 0 Å². The number of carbonyl (C=O) groups is 1. The lowest BCUT2D eigenvalue weighted by Gasteiger charge is -1.98. The molecular weight excluding hydrogens is 300 g/mol. The molecule has 6 heteroatoms. The molecule has 0 atom stereocenters. The van der Waals surface area contributed by atoms with Gasteiger partial charge in [-0.25, -0.2) is 0 Å². The molecule has 0 aromatic heterocycles. The highest BCUT2D eigenvalue weighted by atomic mass is 16.5. The van der Waals surface area contributed by atoms with Crippen molar-refractivity contribution in [3.63, 3.8) is 0 Å². The van der Waals surface area contributed by atoms with Crippen LogP contribution in [0.2, 0.25) is 0 Å². The summed E-state index contributed by atoms with van der Waals surface area (Å²) in [7, 11) is 1.61. The summed E-state index contributed by atoms with van der Waals surface area (Å²) in [5.41, 5.74) is 0. The van der Waals surface area contributed by atoms with Gasteiger partial charge < -0.3 is 29.2 Å². The standard InChI is InChI=1S/C6H14O2.C6H12O.C5H12O3/c1-2-3-5-8-6-4-7;1-5(2)4-6(3)7;1-7-4-5-8-3-2-6/h7H,2-6H2,1H3;5H,4H2,1-3H3;6H,2-5H2,1H3. The van der Waals surface area contributed by atoms with Crippen LogP contribution >= 0.6 is 0 Å². The first-order chi connectivity index (χ1) is 11.0. The monoisotopic (exact) mass is 338 g/mol. The maximum atomic E-state index is 10.3. The fourth-order valence-corrected chi connectivity index (χ4v) is 1.30. The van der Waals surface area contributed by atoms with E-state index in [-0.39, 0.29) is 19.0 Å². The maximum absolute atomic E-state index is 10.3. The smallest absolute Gasteiger partial charge is 0.130 e. The highest BCUT2D eigenvalue weighted by Gasteiger charge is 1.95. The molecule has 0 aliphatic rings. The Labute approximate surface area is 142 Å². The van der Waals surface area contributed by atoms with Crippen molar-refractivity contribution in [2.24, 2.45) is 5.92 Å². The van der Waals surface area contributed by atoms with E-state index in [2.05, 4.69) is 11.7 Å². The Morgan fingerprint density at radius 2 is 1.48 bits per heavy atom. The van der Waals surface area contributed by atoms with Gasteiger partial charge in [-0.3, -0.25) is 0 Å². The van der Waals surface area contributed by atoms with Gasteiger partial charge in [0.05, 0.1) is 39.6 Å². The van der Waals surface area contributed by atoms with Crippen LogP contribution in [-0.2, 0) is 19.0 Å². The highest BCUT2D eigenvalue weighted by Crippen LogP contribution is 1.97. The normalized spacial score (nSPS) is 9.74. The van der Waals surface area contributed by atoms with Crippen LogP contribution in [0.15, 0.2) is 0 Å². The highest BCUT2D eigenvalue weighted by molar-refractivity contribution is 5.75. The van der Waals surface area contributed by atoms with Crippen molar-refractivity contribution in [2.45, 2.75) is 47.0 Å². The summed E-state index contributed by atoms with van der Waals surface area (Å²) in [6.07, 6.45) is 2.98. The van der Waals surface area contributed by atoms with Crippen LogP contribution in [0.25, 0.3) is 0 Å². The number of methoxy groups -OCH3 is 1. The zero-order valence-corrected chi connectivity index (χ0v) is 15.7. The van der Waals surface area contributed by atoms with Crippen LogP contribution in [0.3, 0.4) is 0 Å². The van der Waals surface area contributed by atoms with Crippen LogP contribution in [-0.4, -0.2) is 69.4 Å². The third-order valence-corrected chi connectivity index (χ3v) is 2.24. The predicted octanol–water partition coefficient (Wildman–Crippen LogP) is 2.06. The Hall–Kier alpha value is -0.530. The average Bonchev–Trinajstić information content (AvgIpc) is 2.48. The zero-order chi connectivity index (χ0) is 18.3. The van der Waals surface area contributed by atoms with E-state index < -0.39 is 0 Å². The van der Waals surface area contributed by atoms with E-state index in [1.54, 1.807) is 14.0 Å². The van der Waals surface area contributed by atoms with Gasteiger partial charge in [-0.15, -0.1) is 0 Å². The Kier molecular flexibility index (Phi) is 31.3. The summed E-state index contributed by atoms with van der Waals surface area (Å²) in [4.78, 5) is 10.3. The first-order valence-electron chi connectivity index (χ1n) is 8.31. The molecule has 0 unspecified atom stereocenters. The SMILES string of the molecule is CC(=O)CC(C)C.CCCCOCCO.COCCOCCO. The summed E-state index contributed by atoms with van der Waals surface area (Å²) in [6, 6.07) is 0. The van der Waals surface area contributed by atoms with Crippen molar-refractivity contribution < 1.29 is 29.2 Å². The number of ketones is 1. The summed E-state index contributed by atoms with van der Waals surface area (Å²) in [5.74, 6) is 0.813. The van der Waals surface area contributed by atoms with E-state index in [1.807, 2.05) is 13.8 Å². The number of hydrogen-bond acceptors (Lipinski definition) is 6. The van der Waals surface area contributed by atoms with Gasteiger partial charge in [0.15, 0.2) is 0 Å². The van der Waals surface area contributed by atoms with Gasteiger partial charge in [0, 0.05) is 20.1 Å². The minimum absolute atomic E-state index is 0.0870. The van der Waals surface area contributed by atoms with E-state index in [0.29, 0.717) is 32.3 Å². The molecule has 0 aromatic rings. The molecule has 23 heavy (non-hydrogen) atoms. The number of hydrogen-bond donors (Lipinski definition) is 2. The Bertz CT molecular complexity index is 185. The minimum Gasteiger partial charge on any atom is -0.394 e. The number of aliphatic hydroxyl groups is 2. The van der Waals surface area contributed by atoms with E-state index in [4.69, 9.17) is 19.7 Å². The molecule has 0 bridgehead atoms. The number of aliphatic hydroxyl groups excluding tert-OH is 2. The summed E-state index contributed by atoms with van der Waals surface area (Å²) in [6.45, 7) is 10.9. The predicted molar refractivity (Wildman–Crippen MR) is 92.7 cm³/mol. The van der Waals surface area contributed by atoms with Gasteiger partial charge in [0.25, 0.3) is 0 Å². The van der Waals surface area contributed by atoms with Crippen molar-refractivity contribution in [3.8, 4) is 0 Å².